The van der Waals surface area contributed by atoms with Crippen LogP contribution in [0.15, 0.2) is 66.4 Å². The molecule has 0 amide bonds. The third-order valence-corrected chi connectivity index (χ3v) is 5.11. The molecule has 2 nitrogen and oxygen atoms in total. The Kier molecular flexibility index (Phi) is 2.66. The molecule has 0 radical (unpaired) electrons. The molecule has 1 aliphatic rings. The zero-order valence-electron chi connectivity index (χ0n) is 13.1. The van der Waals surface area contributed by atoms with Gasteiger partial charge in [-0.25, -0.2) is 0 Å². The molecule has 4 aromatic carbocycles. The standard InChI is InChI=1S/C22H16O2/c23-20-10-9-14-6-8-16-11-18-15(12-19(16)21(14)22(20)24)7-5-13-3-1-2-4-17(13)18/h1-8,11-12,23-24H,9-10H2. The highest BCUT2D eigenvalue weighted by Crippen LogP contribution is 2.37. The van der Waals surface area contributed by atoms with Gasteiger partial charge in [0.1, 0.15) is 5.76 Å². The Morgan fingerprint density at radius 1 is 0.625 bits per heavy atom. The van der Waals surface area contributed by atoms with Gasteiger partial charge in [-0.05, 0) is 56.4 Å². The molecule has 0 fully saturated rings. The van der Waals surface area contributed by atoms with E-state index in [1.807, 2.05) is 0 Å². The lowest BCUT2D eigenvalue weighted by atomic mass is 9.88. The number of allylic oxidation sites excluding steroid dienone is 1. The first kappa shape index (κ1) is 13.4. The molecule has 0 spiro atoms. The third kappa shape index (κ3) is 1.77. The summed E-state index contributed by atoms with van der Waals surface area (Å²) in [6.45, 7) is 0. The molecule has 0 bridgehead atoms. The molecule has 0 saturated heterocycles. The predicted octanol–water partition coefficient (Wildman–Crippen LogP) is 5.88. The Bertz CT molecular complexity index is 1170. The van der Waals surface area contributed by atoms with E-state index in [0.717, 1.165) is 33.7 Å². The maximum Gasteiger partial charge on any atom is 0.161 e. The zero-order chi connectivity index (χ0) is 16.3. The lowest BCUT2D eigenvalue weighted by molar-refractivity contribution is 0.356. The molecule has 0 aliphatic heterocycles. The minimum absolute atomic E-state index is 0.0296. The Morgan fingerprint density at radius 3 is 2.25 bits per heavy atom. The molecule has 0 atom stereocenters. The molecule has 0 heterocycles. The number of aliphatic hydroxyl groups is 2. The summed E-state index contributed by atoms with van der Waals surface area (Å²) in [7, 11) is 0. The number of benzene rings is 4. The van der Waals surface area contributed by atoms with Gasteiger partial charge in [0.15, 0.2) is 5.76 Å². The Labute approximate surface area is 139 Å². The summed E-state index contributed by atoms with van der Waals surface area (Å²) in [6.07, 6.45) is 1.26. The second-order valence-corrected chi connectivity index (χ2v) is 6.48. The van der Waals surface area contributed by atoms with Crippen LogP contribution in [0.25, 0.3) is 38.1 Å². The van der Waals surface area contributed by atoms with Crippen molar-refractivity contribution < 1.29 is 10.2 Å². The van der Waals surface area contributed by atoms with Gasteiger partial charge in [-0.15, -0.1) is 0 Å². The van der Waals surface area contributed by atoms with Gasteiger partial charge in [0.25, 0.3) is 0 Å². The molecular formula is C22H16O2. The average Bonchev–Trinajstić information content (AvgIpc) is 2.62. The molecule has 4 aromatic rings. The summed E-state index contributed by atoms with van der Waals surface area (Å²) in [6, 6.07) is 21.1. The van der Waals surface area contributed by atoms with Crippen molar-refractivity contribution in [3.05, 3.63) is 77.5 Å². The number of aryl methyl sites for hydroxylation is 1. The van der Waals surface area contributed by atoms with Gasteiger partial charge < -0.3 is 10.2 Å². The van der Waals surface area contributed by atoms with Crippen molar-refractivity contribution in [1.82, 2.24) is 0 Å². The number of fused-ring (bicyclic) bond motifs is 6. The molecule has 0 unspecified atom stereocenters. The van der Waals surface area contributed by atoms with Crippen LogP contribution in [0.1, 0.15) is 17.5 Å². The van der Waals surface area contributed by atoms with Gasteiger partial charge in [0.05, 0.1) is 0 Å². The van der Waals surface area contributed by atoms with Crippen LogP contribution in [-0.4, -0.2) is 10.2 Å². The van der Waals surface area contributed by atoms with Crippen LogP contribution in [0.3, 0.4) is 0 Å². The normalized spacial score (nSPS) is 14.5. The number of rotatable bonds is 0. The topological polar surface area (TPSA) is 40.5 Å². The van der Waals surface area contributed by atoms with Crippen LogP contribution in [0.5, 0.6) is 0 Å². The smallest absolute Gasteiger partial charge is 0.161 e. The summed E-state index contributed by atoms with van der Waals surface area (Å²) in [5.74, 6) is 0.121. The predicted molar refractivity (Wildman–Crippen MR) is 99.5 cm³/mol. The van der Waals surface area contributed by atoms with E-state index in [1.54, 1.807) is 0 Å². The van der Waals surface area contributed by atoms with E-state index in [-0.39, 0.29) is 11.5 Å². The average molecular weight is 312 g/mol. The van der Waals surface area contributed by atoms with Crippen molar-refractivity contribution in [2.75, 3.05) is 0 Å². The molecular weight excluding hydrogens is 296 g/mol. The number of hydrogen-bond acceptors (Lipinski definition) is 2. The van der Waals surface area contributed by atoms with Crippen molar-refractivity contribution in [3.63, 3.8) is 0 Å². The fraction of sp³-hybridized carbons (Fsp3) is 0.0909. The molecule has 0 saturated carbocycles. The maximum atomic E-state index is 10.4. The molecule has 2 heteroatoms. The minimum Gasteiger partial charge on any atom is -0.508 e. The van der Waals surface area contributed by atoms with Crippen molar-refractivity contribution in [3.8, 4) is 0 Å². The van der Waals surface area contributed by atoms with E-state index < -0.39 is 0 Å². The molecule has 116 valence electrons. The van der Waals surface area contributed by atoms with Crippen LogP contribution in [-0.2, 0) is 6.42 Å². The zero-order valence-corrected chi connectivity index (χ0v) is 13.1. The first-order valence-corrected chi connectivity index (χ1v) is 8.21. The van der Waals surface area contributed by atoms with Crippen molar-refractivity contribution in [2.24, 2.45) is 0 Å². The summed E-state index contributed by atoms with van der Waals surface area (Å²) in [5.41, 5.74) is 1.88. The first-order valence-electron chi connectivity index (χ1n) is 8.21. The van der Waals surface area contributed by atoms with Gasteiger partial charge >= 0.3 is 0 Å². The Morgan fingerprint density at radius 2 is 1.33 bits per heavy atom. The molecule has 5 rings (SSSR count). The highest BCUT2D eigenvalue weighted by Gasteiger charge is 2.20. The summed E-state index contributed by atoms with van der Waals surface area (Å²) < 4.78 is 0. The number of aliphatic hydroxyl groups excluding tert-OH is 2. The van der Waals surface area contributed by atoms with Gasteiger partial charge in [-0.1, -0.05) is 48.5 Å². The van der Waals surface area contributed by atoms with Crippen molar-refractivity contribution in [1.29, 1.82) is 0 Å². The highest BCUT2D eigenvalue weighted by atomic mass is 16.3. The van der Waals surface area contributed by atoms with Crippen LogP contribution in [0.4, 0.5) is 0 Å². The quantitative estimate of drug-likeness (QED) is 0.314. The number of hydrogen-bond donors (Lipinski definition) is 2. The molecule has 0 aromatic heterocycles. The fourth-order valence-electron chi connectivity index (χ4n) is 3.88. The fourth-order valence-corrected chi connectivity index (χ4v) is 3.88. The van der Waals surface area contributed by atoms with E-state index in [9.17, 15) is 10.2 Å². The van der Waals surface area contributed by atoms with E-state index in [1.165, 1.54) is 16.2 Å². The second-order valence-electron chi connectivity index (χ2n) is 6.48. The highest BCUT2D eigenvalue weighted by molar-refractivity contribution is 6.13. The van der Waals surface area contributed by atoms with Crippen LogP contribution in [0.2, 0.25) is 0 Å². The first-order chi connectivity index (χ1) is 11.7. The van der Waals surface area contributed by atoms with E-state index in [2.05, 4.69) is 60.7 Å². The van der Waals surface area contributed by atoms with E-state index in [4.69, 9.17) is 0 Å². The molecule has 1 aliphatic carbocycles. The van der Waals surface area contributed by atoms with Crippen LogP contribution >= 0.6 is 0 Å². The third-order valence-electron chi connectivity index (χ3n) is 5.11. The second kappa shape index (κ2) is 4.75. The van der Waals surface area contributed by atoms with Gasteiger partial charge in [0, 0.05) is 12.0 Å². The van der Waals surface area contributed by atoms with Crippen LogP contribution in [0, 0.1) is 0 Å². The Balaban J connectivity index is 1.94. The van der Waals surface area contributed by atoms with Gasteiger partial charge in [-0.2, -0.15) is 0 Å². The Hall–Kier alpha value is -3.00. The minimum atomic E-state index is 0.0296. The van der Waals surface area contributed by atoms with Crippen molar-refractivity contribution in [2.45, 2.75) is 12.8 Å². The SMILES string of the molecule is OC1=C(O)c2c(ccc3cc4c(ccc5ccccc54)cc23)CC1. The molecule has 2 N–H and O–H groups in total. The molecule has 24 heavy (non-hydrogen) atoms. The monoisotopic (exact) mass is 312 g/mol. The van der Waals surface area contributed by atoms with Crippen molar-refractivity contribution >= 4 is 38.1 Å². The van der Waals surface area contributed by atoms with E-state index >= 15 is 0 Å². The van der Waals surface area contributed by atoms with Gasteiger partial charge in [0.2, 0.25) is 0 Å². The van der Waals surface area contributed by atoms with E-state index in [0.29, 0.717) is 6.42 Å². The summed E-state index contributed by atoms with van der Waals surface area (Å²) >= 11 is 0. The lowest BCUT2D eigenvalue weighted by Crippen LogP contribution is -2.05. The van der Waals surface area contributed by atoms with Gasteiger partial charge in [-0.3, -0.25) is 0 Å². The maximum absolute atomic E-state index is 10.4. The summed E-state index contributed by atoms with van der Waals surface area (Å²) in [4.78, 5) is 0. The lowest BCUT2D eigenvalue weighted by Gasteiger charge is -2.19. The van der Waals surface area contributed by atoms with Crippen LogP contribution < -0.4 is 0 Å². The summed E-state index contributed by atoms with van der Waals surface area (Å²) in [5, 5.41) is 27.3. The largest absolute Gasteiger partial charge is 0.508 e.